The van der Waals surface area contributed by atoms with Crippen LogP contribution in [-0.2, 0) is 25.7 Å². The molecule has 0 fully saturated rings. The number of ketones is 1. The lowest BCUT2D eigenvalue weighted by atomic mass is 9.89. The Morgan fingerprint density at radius 1 is 1.00 bits per heavy atom. The monoisotopic (exact) mass is 395 g/mol. The molecule has 0 saturated heterocycles. The minimum Gasteiger partial charge on any atom is -0.460 e. The number of benzene rings is 2. The minimum atomic E-state index is -1.10. The van der Waals surface area contributed by atoms with Gasteiger partial charge in [0.2, 0.25) is 5.91 Å². The average molecular weight is 395 g/mol. The summed E-state index contributed by atoms with van der Waals surface area (Å²) in [4.78, 5) is 37.8. The predicted molar refractivity (Wildman–Crippen MR) is 114 cm³/mol. The third-order valence-electron chi connectivity index (χ3n) is 4.77. The van der Waals surface area contributed by atoms with Gasteiger partial charge in [-0.15, -0.1) is 0 Å². The summed E-state index contributed by atoms with van der Waals surface area (Å²) < 4.78 is 5.43. The number of Topliss-reactive ketones (excluding diaryl/α,β-unsaturated/α-hetero) is 1. The quantitative estimate of drug-likeness (QED) is 0.568. The van der Waals surface area contributed by atoms with Crippen LogP contribution in [-0.4, -0.2) is 17.7 Å². The number of hydrogen-bond acceptors (Lipinski definition) is 4. The number of ether oxygens (including phenoxy) is 1. The first-order valence-electron chi connectivity index (χ1n) is 9.64. The van der Waals surface area contributed by atoms with Crippen molar-refractivity contribution in [2.75, 3.05) is 5.32 Å². The molecule has 2 aromatic rings. The van der Waals surface area contributed by atoms with Gasteiger partial charge in [0, 0.05) is 11.1 Å². The summed E-state index contributed by atoms with van der Waals surface area (Å²) in [5.74, 6) is -2.26. The normalized spacial score (nSPS) is 12.2. The molecule has 0 heterocycles. The fourth-order valence-corrected chi connectivity index (χ4v) is 2.82. The van der Waals surface area contributed by atoms with E-state index in [1.54, 1.807) is 32.9 Å². The van der Waals surface area contributed by atoms with E-state index < -0.39 is 17.3 Å². The lowest BCUT2D eigenvalue weighted by molar-refractivity contribution is -0.149. The number of aryl methyl sites for hydroxylation is 2. The Morgan fingerprint density at radius 3 is 2.14 bits per heavy atom. The van der Waals surface area contributed by atoms with Gasteiger partial charge in [0.1, 0.15) is 18.3 Å². The summed E-state index contributed by atoms with van der Waals surface area (Å²) in [6.45, 7) is 10.7. The molecule has 0 saturated carbocycles. The molecule has 2 rings (SSSR count). The van der Waals surface area contributed by atoms with Crippen LogP contribution in [0, 0.1) is 19.3 Å². The van der Waals surface area contributed by atoms with Crippen molar-refractivity contribution in [3.05, 3.63) is 64.7 Å². The summed E-state index contributed by atoms with van der Waals surface area (Å²) in [6, 6.07) is 12.9. The molecule has 0 aliphatic rings. The van der Waals surface area contributed by atoms with E-state index in [1.807, 2.05) is 44.2 Å². The summed E-state index contributed by atoms with van der Waals surface area (Å²) in [7, 11) is 0. The second kappa shape index (κ2) is 9.03. The van der Waals surface area contributed by atoms with Crippen molar-refractivity contribution in [1.82, 2.24) is 0 Å². The molecule has 0 aliphatic carbocycles. The molecule has 1 unspecified atom stereocenters. The van der Waals surface area contributed by atoms with Crippen molar-refractivity contribution in [3.8, 4) is 0 Å². The molecule has 5 heteroatoms. The minimum absolute atomic E-state index is 0.0813. The Labute approximate surface area is 172 Å². The van der Waals surface area contributed by atoms with E-state index >= 15 is 0 Å². The van der Waals surface area contributed by atoms with Gasteiger partial charge in [-0.25, -0.2) is 0 Å². The van der Waals surface area contributed by atoms with Gasteiger partial charge >= 0.3 is 5.97 Å². The van der Waals surface area contributed by atoms with Gasteiger partial charge in [-0.2, -0.15) is 0 Å². The first kappa shape index (κ1) is 22.3. The summed E-state index contributed by atoms with van der Waals surface area (Å²) >= 11 is 0. The molecule has 5 nitrogen and oxygen atoms in total. The summed E-state index contributed by atoms with van der Waals surface area (Å²) in [5.41, 5.74) is 3.02. The number of carbonyl (C=O) groups excluding carboxylic acids is 3. The van der Waals surface area contributed by atoms with Crippen molar-refractivity contribution < 1.29 is 19.1 Å². The maximum Gasteiger partial charge on any atom is 0.321 e. The second-order valence-electron chi connectivity index (χ2n) is 8.36. The Hall–Kier alpha value is -2.95. The molecule has 0 bridgehead atoms. The van der Waals surface area contributed by atoms with E-state index in [-0.39, 0.29) is 18.3 Å². The van der Waals surface area contributed by atoms with E-state index in [4.69, 9.17) is 4.74 Å². The van der Waals surface area contributed by atoms with Crippen LogP contribution < -0.4 is 5.32 Å². The van der Waals surface area contributed by atoms with Crippen molar-refractivity contribution in [2.24, 2.45) is 5.41 Å². The van der Waals surface area contributed by atoms with E-state index in [1.165, 1.54) is 6.92 Å². The standard InChI is InChI=1S/C24H29NO4/c1-15-12-19(20(13-16(15)2)25-23(28)24(4,5)6)21(17(3)26)22(27)29-14-18-10-8-7-9-11-18/h7-13,21H,14H2,1-6H3,(H,25,28). The van der Waals surface area contributed by atoms with Crippen molar-refractivity contribution >= 4 is 23.3 Å². The van der Waals surface area contributed by atoms with E-state index in [9.17, 15) is 14.4 Å². The summed E-state index contributed by atoms with van der Waals surface area (Å²) in [5, 5.41) is 2.88. The highest BCUT2D eigenvalue weighted by molar-refractivity contribution is 6.06. The highest BCUT2D eigenvalue weighted by Crippen LogP contribution is 2.31. The zero-order chi connectivity index (χ0) is 21.8. The third kappa shape index (κ3) is 5.76. The molecular formula is C24H29NO4. The third-order valence-corrected chi connectivity index (χ3v) is 4.77. The van der Waals surface area contributed by atoms with Gasteiger partial charge < -0.3 is 10.1 Å². The Balaban J connectivity index is 2.38. The van der Waals surface area contributed by atoms with Gasteiger partial charge in [0.05, 0.1) is 0 Å². The molecule has 0 aromatic heterocycles. The zero-order valence-corrected chi connectivity index (χ0v) is 18.0. The molecule has 1 N–H and O–H groups in total. The molecule has 29 heavy (non-hydrogen) atoms. The van der Waals surface area contributed by atoms with E-state index in [0.29, 0.717) is 11.3 Å². The fraction of sp³-hybridized carbons (Fsp3) is 0.375. The highest BCUT2D eigenvalue weighted by Gasteiger charge is 2.31. The number of amides is 1. The van der Waals surface area contributed by atoms with Gasteiger partial charge in [-0.05, 0) is 49.1 Å². The molecular weight excluding hydrogens is 366 g/mol. The molecule has 0 radical (unpaired) electrons. The van der Waals surface area contributed by atoms with Gasteiger partial charge in [-0.3, -0.25) is 14.4 Å². The number of rotatable bonds is 6. The van der Waals surface area contributed by atoms with Crippen molar-refractivity contribution in [1.29, 1.82) is 0 Å². The first-order valence-corrected chi connectivity index (χ1v) is 9.64. The van der Waals surface area contributed by atoms with Gasteiger partial charge in [0.15, 0.2) is 0 Å². The smallest absolute Gasteiger partial charge is 0.321 e. The number of hydrogen-bond donors (Lipinski definition) is 1. The molecule has 154 valence electrons. The van der Waals surface area contributed by atoms with Gasteiger partial charge in [0.25, 0.3) is 0 Å². The molecule has 0 aliphatic heterocycles. The maximum absolute atomic E-state index is 12.8. The Kier molecular flexibility index (Phi) is 6.96. The molecule has 2 aromatic carbocycles. The van der Waals surface area contributed by atoms with Crippen LogP contribution in [0.5, 0.6) is 0 Å². The first-order chi connectivity index (χ1) is 13.5. The Bertz CT molecular complexity index is 910. The Morgan fingerprint density at radius 2 is 1.59 bits per heavy atom. The number of esters is 1. The van der Waals surface area contributed by atoms with Crippen LogP contribution in [0.25, 0.3) is 0 Å². The number of nitrogens with one attached hydrogen (secondary N) is 1. The van der Waals surface area contributed by atoms with Crippen LogP contribution >= 0.6 is 0 Å². The predicted octanol–water partition coefficient (Wildman–Crippen LogP) is 4.70. The topological polar surface area (TPSA) is 72.5 Å². The van der Waals surface area contributed by atoms with E-state index in [2.05, 4.69) is 5.32 Å². The lowest BCUT2D eigenvalue weighted by Crippen LogP contribution is -2.30. The van der Waals surface area contributed by atoms with Crippen molar-refractivity contribution in [2.45, 2.75) is 54.1 Å². The molecule has 1 atom stereocenters. The van der Waals surface area contributed by atoms with Crippen LogP contribution in [0.15, 0.2) is 42.5 Å². The van der Waals surface area contributed by atoms with Crippen LogP contribution in [0.4, 0.5) is 5.69 Å². The number of carbonyl (C=O) groups is 3. The zero-order valence-electron chi connectivity index (χ0n) is 18.0. The van der Waals surface area contributed by atoms with Crippen LogP contribution in [0.1, 0.15) is 55.9 Å². The molecule has 0 spiro atoms. The van der Waals surface area contributed by atoms with Crippen LogP contribution in [0.3, 0.4) is 0 Å². The number of anilines is 1. The summed E-state index contributed by atoms with van der Waals surface area (Å²) in [6.07, 6.45) is 0. The average Bonchev–Trinajstić information content (AvgIpc) is 2.63. The lowest BCUT2D eigenvalue weighted by Gasteiger charge is -2.23. The van der Waals surface area contributed by atoms with Gasteiger partial charge in [-0.1, -0.05) is 57.2 Å². The second-order valence-corrected chi connectivity index (χ2v) is 8.36. The highest BCUT2D eigenvalue weighted by atomic mass is 16.5. The SMILES string of the molecule is CC(=O)C(C(=O)OCc1ccccc1)c1cc(C)c(C)cc1NC(=O)C(C)(C)C. The van der Waals surface area contributed by atoms with Crippen molar-refractivity contribution in [3.63, 3.8) is 0 Å². The van der Waals surface area contributed by atoms with E-state index in [0.717, 1.165) is 16.7 Å². The fourth-order valence-electron chi connectivity index (χ4n) is 2.82. The largest absolute Gasteiger partial charge is 0.460 e. The van der Waals surface area contributed by atoms with Crippen LogP contribution in [0.2, 0.25) is 0 Å². The maximum atomic E-state index is 12.8. The molecule has 1 amide bonds.